The molecular formula is C15H22ClN. The van der Waals surface area contributed by atoms with Crippen molar-refractivity contribution in [2.24, 2.45) is 17.6 Å². The molecule has 0 amide bonds. The van der Waals surface area contributed by atoms with Crippen molar-refractivity contribution in [1.82, 2.24) is 0 Å². The fourth-order valence-electron chi connectivity index (χ4n) is 2.98. The molecule has 1 saturated carbocycles. The molecule has 17 heavy (non-hydrogen) atoms. The van der Waals surface area contributed by atoms with E-state index in [9.17, 15) is 0 Å². The summed E-state index contributed by atoms with van der Waals surface area (Å²) in [5, 5.41) is 0.791. The zero-order valence-electron chi connectivity index (χ0n) is 10.7. The molecule has 1 aromatic carbocycles. The van der Waals surface area contributed by atoms with Gasteiger partial charge in [-0.3, -0.25) is 0 Å². The first-order chi connectivity index (χ1) is 8.01. The predicted octanol–water partition coefficient (Wildman–Crippen LogP) is 4.34. The van der Waals surface area contributed by atoms with E-state index in [2.05, 4.69) is 19.9 Å². The molecule has 2 rings (SSSR count). The molecule has 0 aromatic heterocycles. The first-order valence-electron chi connectivity index (χ1n) is 6.56. The number of halogens is 1. The molecule has 94 valence electrons. The second-order valence-corrected chi connectivity index (χ2v) is 6.20. The van der Waals surface area contributed by atoms with Crippen molar-refractivity contribution < 1.29 is 0 Å². The van der Waals surface area contributed by atoms with Crippen LogP contribution in [0, 0.1) is 11.8 Å². The first kappa shape index (κ1) is 12.9. The summed E-state index contributed by atoms with van der Waals surface area (Å²) in [7, 11) is 0. The van der Waals surface area contributed by atoms with Crippen LogP contribution in [0.4, 0.5) is 0 Å². The lowest BCUT2D eigenvalue weighted by atomic mass is 9.69. The van der Waals surface area contributed by atoms with Crippen LogP contribution in [-0.4, -0.2) is 0 Å². The van der Waals surface area contributed by atoms with Crippen molar-refractivity contribution in [3.05, 3.63) is 34.9 Å². The SMILES string of the molecule is CC(C)C1CCCC(N)(c2cccc(Cl)c2)C1. The molecule has 0 radical (unpaired) electrons. The van der Waals surface area contributed by atoms with Crippen molar-refractivity contribution in [2.75, 3.05) is 0 Å². The Kier molecular flexibility index (Phi) is 3.79. The maximum Gasteiger partial charge on any atom is 0.0412 e. The molecule has 2 unspecified atom stereocenters. The van der Waals surface area contributed by atoms with E-state index in [-0.39, 0.29) is 5.54 Å². The summed E-state index contributed by atoms with van der Waals surface area (Å²) in [5.41, 5.74) is 7.65. The molecule has 2 heteroatoms. The minimum atomic E-state index is -0.169. The molecule has 0 heterocycles. The highest BCUT2D eigenvalue weighted by molar-refractivity contribution is 6.30. The molecular weight excluding hydrogens is 230 g/mol. The van der Waals surface area contributed by atoms with Crippen LogP contribution in [0.1, 0.15) is 45.1 Å². The summed E-state index contributed by atoms with van der Waals surface area (Å²) in [6.45, 7) is 4.60. The van der Waals surface area contributed by atoms with Crippen molar-refractivity contribution >= 4 is 11.6 Å². The van der Waals surface area contributed by atoms with E-state index in [1.54, 1.807) is 0 Å². The van der Waals surface area contributed by atoms with Crippen molar-refractivity contribution in [2.45, 2.75) is 45.1 Å². The third kappa shape index (κ3) is 2.83. The van der Waals surface area contributed by atoms with Gasteiger partial charge in [0.25, 0.3) is 0 Å². The third-order valence-corrected chi connectivity index (χ3v) is 4.40. The molecule has 1 aliphatic rings. The summed E-state index contributed by atoms with van der Waals surface area (Å²) in [4.78, 5) is 0. The first-order valence-corrected chi connectivity index (χ1v) is 6.94. The highest BCUT2D eigenvalue weighted by atomic mass is 35.5. The van der Waals surface area contributed by atoms with Gasteiger partial charge in [-0.05, 0) is 42.4 Å². The molecule has 1 nitrogen and oxygen atoms in total. The van der Waals surface area contributed by atoms with E-state index >= 15 is 0 Å². The van der Waals surface area contributed by atoms with E-state index in [1.807, 2.05) is 18.2 Å². The topological polar surface area (TPSA) is 26.0 Å². The molecule has 1 aromatic rings. The molecule has 2 N–H and O–H groups in total. The summed E-state index contributed by atoms with van der Waals surface area (Å²) >= 11 is 6.07. The lowest BCUT2D eigenvalue weighted by Crippen LogP contribution is -2.42. The van der Waals surface area contributed by atoms with Gasteiger partial charge in [0.1, 0.15) is 0 Å². The minimum Gasteiger partial charge on any atom is -0.321 e. The van der Waals surface area contributed by atoms with Gasteiger partial charge in [-0.25, -0.2) is 0 Å². The van der Waals surface area contributed by atoms with Gasteiger partial charge in [-0.15, -0.1) is 0 Å². The van der Waals surface area contributed by atoms with Crippen LogP contribution in [-0.2, 0) is 5.54 Å². The molecule has 0 saturated heterocycles. The van der Waals surface area contributed by atoms with Crippen LogP contribution in [0.5, 0.6) is 0 Å². The van der Waals surface area contributed by atoms with Gasteiger partial charge < -0.3 is 5.73 Å². The highest BCUT2D eigenvalue weighted by Gasteiger charge is 2.35. The molecule has 2 atom stereocenters. The number of benzene rings is 1. The van der Waals surface area contributed by atoms with Crippen LogP contribution in [0.25, 0.3) is 0 Å². The zero-order chi connectivity index (χ0) is 12.5. The quantitative estimate of drug-likeness (QED) is 0.831. The Balaban J connectivity index is 2.23. The summed E-state index contributed by atoms with van der Waals surface area (Å²) in [6, 6.07) is 8.07. The van der Waals surface area contributed by atoms with Gasteiger partial charge in [0.15, 0.2) is 0 Å². The van der Waals surface area contributed by atoms with Gasteiger partial charge >= 0.3 is 0 Å². The smallest absolute Gasteiger partial charge is 0.0412 e. The maximum atomic E-state index is 6.62. The zero-order valence-corrected chi connectivity index (χ0v) is 11.5. The molecule has 1 aliphatic carbocycles. The average molecular weight is 252 g/mol. The second-order valence-electron chi connectivity index (χ2n) is 5.77. The fourth-order valence-corrected chi connectivity index (χ4v) is 3.17. The van der Waals surface area contributed by atoms with E-state index in [0.29, 0.717) is 0 Å². The lowest BCUT2D eigenvalue weighted by molar-refractivity contribution is 0.184. The molecule has 0 aliphatic heterocycles. The van der Waals surface area contributed by atoms with E-state index in [4.69, 9.17) is 17.3 Å². The normalized spacial score (nSPS) is 29.6. The van der Waals surface area contributed by atoms with Gasteiger partial charge in [-0.1, -0.05) is 50.4 Å². The Morgan fingerprint density at radius 3 is 2.82 bits per heavy atom. The number of hydrogen-bond donors (Lipinski definition) is 1. The van der Waals surface area contributed by atoms with E-state index < -0.39 is 0 Å². The Bertz CT molecular complexity index is 388. The third-order valence-electron chi connectivity index (χ3n) is 4.17. The van der Waals surface area contributed by atoms with Crippen LogP contribution < -0.4 is 5.73 Å². The van der Waals surface area contributed by atoms with Crippen molar-refractivity contribution in [3.63, 3.8) is 0 Å². The van der Waals surface area contributed by atoms with Crippen molar-refractivity contribution in [3.8, 4) is 0 Å². The molecule has 0 bridgehead atoms. The van der Waals surface area contributed by atoms with Crippen LogP contribution in [0.3, 0.4) is 0 Å². The Hall–Kier alpha value is -0.530. The Labute approximate surface area is 109 Å². The maximum absolute atomic E-state index is 6.62. The van der Waals surface area contributed by atoms with Crippen LogP contribution in [0.2, 0.25) is 5.02 Å². The second kappa shape index (κ2) is 4.99. The Morgan fingerprint density at radius 1 is 1.41 bits per heavy atom. The molecule has 0 spiro atoms. The number of nitrogens with two attached hydrogens (primary N) is 1. The fraction of sp³-hybridized carbons (Fsp3) is 0.600. The monoisotopic (exact) mass is 251 g/mol. The van der Waals surface area contributed by atoms with Gasteiger partial charge in [0.05, 0.1) is 0 Å². The predicted molar refractivity (Wildman–Crippen MR) is 74.1 cm³/mol. The van der Waals surface area contributed by atoms with Crippen molar-refractivity contribution in [1.29, 1.82) is 0 Å². The van der Waals surface area contributed by atoms with Gasteiger partial charge in [-0.2, -0.15) is 0 Å². The lowest BCUT2D eigenvalue weighted by Gasteiger charge is -2.40. The summed E-state index contributed by atoms with van der Waals surface area (Å²) in [5.74, 6) is 1.46. The molecule has 1 fully saturated rings. The van der Waals surface area contributed by atoms with Gasteiger partial charge in [0.2, 0.25) is 0 Å². The number of hydrogen-bond acceptors (Lipinski definition) is 1. The van der Waals surface area contributed by atoms with E-state index in [1.165, 1.54) is 18.4 Å². The summed E-state index contributed by atoms with van der Waals surface area (Å²) in [6.07, 6.45) is 4.71. The largest absolute Gasteiger partial charge is 0.321 e. The highest BCUT2D eigenvalue weighted by Crippen LogP contribution is 2.41. The van der Waals surface area contributed by atoms with E-state index in [0.717, 1.165) is 29.7 Å². The Morgan fingerprint density at radius 2 is 2.18 bits per heavy atom. The standard InChI is InChI=1S/C15H22ClN/c1-11(2)12-5-4-8-15(17,10-12)13-6-3-7-14(16)9-13/h3,6-7,9,11-12H,4-5,8,10,17H2,1-2H3. The van der Waals surface area contributed by atoms with Crippen LogP contribution in [0.15, 0.2) is 24.3 Å². The van der Waals surface area contributed by atoms with Crippen LogP contribution >= 0.6 is 11.6 Å². The average Bonchev–Trinajstić information content (AvgIpc) is 2.29. The summed E-state index contributed by atoms with van der Waals surface area (Å²) < 4.78 is 0. The van der Waals surface area contributed by atoms with Gasteiger partial charge in [0, 0.05) is 10.6 Å². The minimum absolute atomic E-state index is 0.169. The number of rotatable bonds is 2.